The number of ketones is 1. The molecule has 53 heavy (non-hydrogen) atoms. The van der Waals surface area contributed by atoms with Crippen molar-refractivity contribution in [3.63, 3.8) is 0 Å². The van der Waals surface area contributed by atoms with Crippen LogP contribution in [-0.4, -0.2) is 141 Å². The number of hydrogen-bond acceptors (Lipinski definition) is 14. The van der Waals surface area contributed by atoms with E-state index in [4.69, 9.17) is 28.4 Å². The van der Waals surface area contributed by atoms with E-state index in [9.17, 15) is 40.5 Å². The second-order valence-corrected chi connectivity index (χ2v) is 18.6. The number of carbonyl (C=O) groups excluding carboxylic acids is 1. The fourth-order valence-electron chi connectivity index (χ4n) is 12.8. The van der Waals surface area contributed by atoms with Gasteiger partial charge in [-0.25, -0.2) is 0 Å². The molecule has 22 atom stereocenters. The molecule has 302 valence electrons. The first-order valence-electron chi connectivity index (χ1n) is 20.2. The Morgan fingerprint density at radius 1 is 0.792 bits per heavy atom. The van der Waals surface area contributed by atoms with Gasteiger partial charge in [-0.05, 0) is 80.0 Å². The van der Waals surface area contributed by atoms with Crippen molar-refractivity contribution in [3.8, 4) is 0 Å². The van der Waals surface area contributed by atoms with Crippen molar-refractivity contribution >= 4 is 5.78 Å². The molecule has 0 amide bonds. The van der Waals surface area contributed by atoms with Gasteiger partial charge < -0.3 is 64.2 Å². The average molecular weight is 755 g/mol. The smallest absolute Gasteiger partial charge is 0.186 e. The van der Waals surface area contributed by atoms with Gasteiger partial charge in [0.15, 0.2) is 18.4 Å². The lowest BCUT2D eigenvalue weighted by atomic mass is 9.44. The Kier molecular flexibility index (Phi) is 10.5. The molecule has 0 bridgehead atoms. The molecule has 1 spiro atoms. The van der Waals surface area contributed by atoms with E-state index in [1.807, 2.05) is 0 Å². The molecule has 0 unspecified atom stereocenters. The largest absolute Gasteiger partial charge is 0.394 e. The molecule has 0 aromatic heterocycles. The highest BCUT2D eigenvalue weighted by Crippen LogP contribution is 2.70. The SMILES string of the molecule is C[C@@H]1CC[C@@]2(OC1)O[C@H]1C[C@H]3[C@@H]4CC[C@H]5C[C@@H](O[C@H]6O[C@H](CO[C@H]7O[C@H](CO)[C@@H](O)[C@H](O)[C@H]7O)[C@@H](O)[C@H](O)[C@H]6O)CC[C@]5(C)[C@H]4CC(=O)[C@]3(C)[C@H]1[C@@H]2C. The summed E-state index contributed by atoms with van der Waals surface area (Å²) in [4.78, 5) is 14.5. The molecule has 8 aliphatic rings. The third kappa shape index (κ3) is 6.12. The highest BCUT2D eigenvalue weighted by Gasteiger charge is 2.72. The van der Waals surface area contributed by atoms with E-state index in [1.54, 1.807) is 0 Å². The molecule has 0 aromatic carbocycles. The van der Waals surface area contributed by atoms with Gasteiger partial charge >= 0.3 is 0 Å². The third-order valence-corrected chi connectivity index (χ3v) is 16.0. The topological polar surface area (TPSA) is 214 Å². The maximum Gasteiger partial charge on any atom is 0.186 e. The quantitative estimate of drug-likeness (QED) is 0.185. The van der Waals surface area contributed by atoms with Gasteiger partial charge in [0.25, 0.3) is 0 Å². The van der Waals surface area contributed by atoms with Gasteiger partial charge in [-0.2, -0.15) is 0 Å². The van der Waals surface area contributed by atoms with Crippen molar-refractivity contribution in [2.24, 2.45) is 52.3 Å². The van der Waals surface area contributed by atoms with E-state index < -0.39 is 85.8 Å². The monoisotopic (exact) mass is 754 g/mol. The number of hydrogen-bond donors (Lipinski definition) is 7. The first-order valence-corrected chi connectivity index (χ1v) is 20.2. The Balaban J connectivity index is 0.903. The van der Waals surface area contributed by atoms with E-state index in [1.165, 1.54) is 0 Å². The Morgan fingerprint density at radius 3 is 2.19 bits per heavy atom. The standard InChI is InChI=1S/C39H62O14/c1-17-7-10-39(49-15-17)18(2)28-24(53-39)12-23-21-6-5-19-11-20(8-9-37(19,3)22(21)13-27(41)38(23,28)4)50-36-34(47)32(45)30(43)26(52-36)16-48-35-33(46)31(44)29(42)25(14-40)51-35/h17-26,28-36,40,42-47H,5-16H2,1-4H3/t17-,18+,19+,20+,21-,22+,23+,24+,25-,26-,28+,29-,30-,31+,32+,33-,34-,35+,36+,37+,38-,39-/m1/s1. The first kappa shape index (κ1) is 39.0. The minimum absolute atomic E-state index is 0.0443. The highest BCUT2D eigenvalue weighted by molar-refractivity contribution is 5.87. The summed E-state index contributed by atoms with van der Waals surface area (Å²) in [5, 5.41) is 72.4. The molecule has 14 nitrogen and oxygen atoms in total. The molecule has 8 rings (SSSR count). The zero-order valence-corrected chi connectivity index (χ0v) is 31.4. The van der Waals surface area contributed by atoms with E-state index in [-0.39, 0.29) is 35.4 Å². The summed E-state index contributed by atoms with van der Waals surface area (Å²) in [6.45, 7) is 8.76. The number of fused-ring (bicyclic) bond motifs is 7. The predicted molar refractivity (Wildman–Crippen MR) is 183 cm³/mol. The number of aliphatic hydroxyl groups excluding tert-OH is 7. The summed E-state index contributed by atoms with van der Waals surface area (Å²) < 4.78 is 36.6. The van der Waals surface area contributed by atoms with Crippen LogP contribution in [0.25, 0.3) is 0 Å². The predicted octanol–water partition coefficient (Wildman–Crippen LogP) is 0.621. The molecule has 0 aromatic rings. The molecular formula is C39H62O14. The van der Waals surface area contributed by atoms with Gasteiger partial charge in [0.05, 0.1) is 32.0 Å². The summed E-state index contributed by atoms with van der Waals surface area (Å²) in [7, 11) is 0. The summed E-state index contributed by atoms with van der Waals surface area (Å²) in [5.41, 5.74) is -0.453. The maximum absolute atomic E-state index is 14.5. The fraction of sp³-hybridized carbons (Fsp3) is 0.974. The van der Waals surface area contributed by atoms with Crippen LogP contribution in [0.15, 0.2) is 0 Å². The van der Waals surface area contributed by atoms with Crippen molar-refractivity contribution in [1.29, 1.82) is 0 Å². The highest BCUT2D eigenvalue weighted by atomic mass is 16.7. The number of ether oxygens (including phenoxy) is 6. The van der Waals surface area contributed by atoms with Crippen molar-refractivity contribution in [1.82, 2.24) is 0 Å². The third-order valence-electron chi connectivity index (χ3n) is 16.0. The second-order valence-electron chi connectivity index (χ2n) is 18.6. The minimum atomic E-state index is -1.64. The second kappa shape index (κ2) is 14.2. The normalized spacial score (nSPS) is 58.2. The van der Waals surface area contributed by atoms with E-state index in [0.717, 1.165) is 44.9 Å². The van der Waals surface area contributed by atoms with Crippen LogP contribution in [0.2, 0.25) is 0 Å². The number of Topliss-reactive ketones (excluding diaryl/α,β-unsaturated/α-hetero) is 1. The summed E-state index contributed by atoms with van der Waals surface area (Å²) in [6, 6.07) is 0. The molecular weight excluding hydrogens is 692 g/mol. The first-order chi connectivity index (χ1) is 25.1. The van der Waals surface area contributed by atoms with Crippen LogP contribution in [0, 0.1) is 52.3 Å². The van der Waals surface area contributed by atoms with Crippen LogP contribution in [0.5, 0.6) is 0 Å². The van der Waals surface area contributed by atoms with Gasteiger partial charge in [-0.1, -0.05) is 27.7 Å². The van der Waals surface area contributed by atoms with E-state index in [0.29, 0.717) is 48.9 Å². The van der Waals surface area contributed by atoms with Crippen LogP contribution >= 0.6 is 0 Å². The lowest BCUT2D eigenvalue weighted by Gasteiger charge is -2.60. The Labute approximate surface area is 311 Å². The Hall–Kier alpha value is -0.850. The molecule has 7 N–H and O–H groups in total. The van der Waals surface area contributed by atoms with Crippen molar-refractivity contribution < 1.29 is 69.0 Å². The molecule has 8 fully saturated rings. The van der Waals surface area contributed by atoms with Crippen LogP contribution in [0.1, 0.15) is 85.5 Å². The van der Waals surface area contributed by atoms with Crippen molar-refractivity contribution in [2.45, 2.75) is 165 Å². The Morgan fingerprint density at radius 2 is 1.49 bits per heavy atom. The molecule has 4 heterocycles. The Bertz CT molecular complexity index is 1340. The maximum atomic E-state index is 14.5. The number of carbonyl (C=O) groups is 1. The molecule has 4 aliphatic heterocycles. The fourth-order valence-corrected chi connectivity index (χ4v) is 12.8. The summed E-state index contributed by atoms with van der Waals surface area (Å²) in [5.74, 6) is 2.02. The van der Waals surface area contributed by atoms with Gasteiger partial charge in [-0.15, -0.1) is 0 Å². The van der Waals surface area contributed by atoms with Crippen LogP contribution in [-0.2, 0) is 33.2 Å². The van der Waals surface area contributed by atoms with Crippen LogP contribution in [0.4, 0.5) is 0 Å². The molecule has 4 saturated carbocycles. The lowest BCUT2D eigenvalue weighted by Crippen LogP contribution is -2.62. The van der Waals surface area contributed by atoms with Gasteiger partial charge in [-0.3, -0.25) is 4.79 Å². The van der Waals surface area contributed by atoms with E-state index in [2.05, 4.69) is 27.7 Å². The average Bonchev–Trinajstić information content (AvgIpc) is 3.59. The summed E-state index contributed by atoms with van der Waals surface area (Å²) in [6.07, 6.45) is -7.03. The molecule has 0 radical (unpaired) electrons. The zero-order chi connectivity index (χ0) is 37.8. The number of rotatable bonds is 6. The minimum Gasteiger partial charge on any atom is -0.394 e. The van der Waals surface area contributed by atoms with Crippen LogP contribution < -0.4 is 0 Å². The van der Waals surface area contributed by atoms with Gasteiger partial charge in [0, 0.05) is 30.1 Å². The van der Waals surface area contributed by atoms with Gasteiger partial charge in [0.1, 0.15) is 54.6 Å². The van der Waals surface area contributed by atoms with Crippen molar-refractivity contribution in [2.75, 3.05) is 19.8 Å². The summed E-state index contributed by atoms with van der Waals surface area (Å²) >= 11 is 0. The van der Waals surface area contributed by atoms with Gasteiger partial charge in [0.2, 0.25) is 0 Å². The lowest BCUT2D eigenvalue weighted by molar-refractivity contribution is -0.338. The zero-order valence-electron chi connectivity index (χ0n) is 31.4. The van der Waals surface area contributed by atoms with Crippen molar-refractivity contribution in [3.05, 3.63) is 0 Å². The number of aliphatic hydroxyl groups is 7. The van der Waals surface area contributed by atoms with Crippen LogP contribution in [0.3, 0.4) is 0 Å². The molecule has 14 heteroatoms. The van der Waals surface area contributed by atoms with E-state index >= 15 is 0 Å². The molecule has 4 saturated heterocycles. The molecule has 4 aliphatic carbocycles.